The van der Waals surface area contributed by atoms with Gasteiger partial charge in [-0.1, -0.05) is 27.7 Å². The lowest BCUT2D eigenvalue weighted by atomic mass is 9.41. The van der Waals surface area contributed by atoms with E-state index in [1.807, 2.05) is 13.8 Å². The van der Waals surface area contributed by atoms with E-state index in [-0.39, 0.29) is 87.2 Å². The van der Waals surface area contributed by atoms with Crippen LogP contribution in [0.1, 0.15) is 127 Å². The molecular weight excluding hydrogens is 560 g/mol. The number of rotatable bonds is 5. The van der Waals surface area contributed by atoms with Gasteiger partial charge in [0.1, 0.15) is 18.3 Å². The lowest BCUT2D eigenvalue weighted by Gasteiger charge is -2.64. The smallest absolute Gasteiger partial charge is 0.302 e. The van der Waals surface area contributed by atoms with Gasteiger partial charge in [0.15, 0.2) is 0 Å². The standard InChI is InChI=1S/C36H56O8/c1-20(37)41-23-17-25-33(9)18-24(42-21(2)38)29(34(10)13-11-27(44-34)31(6,7)40)32(33,8)15-16-35(25)19-36(35)14-12-26(43-22(3)39)30(4,5)28(23)36/h23-29,40H,11-19H2,1-10H3/t23-,24-,25?,26-,27+,28?,29-,32+,33-,34-,35-,36+/m0/s1. The molecule has 0 bridgehead atoms. The van der Waals surface area contributed by atoms with Crippen LogP contribution in [0.4, 0.5) is 0 Å². The summed E-state index contributed by atoms with van der Waals surface area (Å²) in [7, 11) is 0. The molecule has 248 valence electrons. The van der Waals surface area contributed by atoms with Crippen LogP contribution in [-0.4, -0.2) is 58.6 Å². The molecule has 1 N–H and O–H groups in total. The van der Waals surface area contributed by atoms with Crippen LogP contribution in [0.15, 0.2) is 0 Å². The van der Waals surface area contributed by atoms with Gasteiger partial charge in [-0.3, -0.25) is 14.4 Å². The van der Waals surface area contributed by atoms with Crippen molar-refractivity contribution in [1.29, 1.82) is 0 Å². The van der Waals surface area contributed by atoms with Crippen molar-refractivity contribution in [2.45, 2.75) is 163 Å². The zero-order valence-corrected chi connectivity index (χ0v) is 28.7. The van der Waals surface area contributed by atoms with Crippen LogP contribution >= 0.6 is 0 Å². The van der Waals surface area contributed by atoms with Crippen molar-refractivity contribution in [2.24, 2.45) is 44.8 Å². The van der Waals surface area contributed by atoms with Crippen molar-refractivity contribution in [1.82, 2.24) is 0 Å². The Morgan fingerprint density at radius 2 is 1.36 bits per heavy atom. The lowest BCUT2D eigenvalue weighted by Crippen LogP contribution is -2.63. The molecule has 2 spiro atoms. The third kappa shape index (κ3) is 4.24. The minimum atomic E-state index is -0.956. The van der Waals surface area contributed by atoms with Gasteiger partial charge in [0.2, 0.25) is 0 Å². The molecule has 12 atom stereocenters. The lowest BCUT2D eigenvalue weighted by molar-refractivity contribution is -0.224. The van der Waals surface area contributed by atoms with Gasteiger partial charge in [-0.2, -0.15) is 0 Å². The Bertz CT molecular complexity index is 1240. The molecule has 1 saturated heterocycles. The first-order chi connectivity index (χ1) is 20.2. The Hall–Kier alpha value is -1.67. The average molecular weight is 617 g/mol. The van der Waals surface area contributed by atoms with Crippen LogP contribution in [0.3, 0.4) is 0 Å². The van der Waals surface area contributed by atoms with Crippen molar-refractivity contribution < 1.29 is 38.4 Å². The number of ether oxygens (including phenoxy) is 4. The van der Waals surface area contributed by atoms with E-state index >= 15 is 0 Å². The quantitative estimate of drug-likeness (QED) is 0.290. The minimum absolute atomic E-state index is 0.0231. The van der Waals surface area contributed by atoms with Gasteiger partial charge in [-0.15, -0.1) is 0 Å². The summed E-state index contributed by atoms with van der Waals surface area (Å²) in [5.41, 5.74) is -2.07. The number of esters is 3. The largest absolute Gasteiger partial charge is 0.462 e. The van der Waals surface area contributed by atoms with Crippen LogP contribution < -0.4 is 0 Å². The monoisotopic (exact) mass is 616 g/mol. The Morgan fingerprint density at radius 3 is 1.93 bits per heavy atom. The van der Waals surface area contributed by atoms with Crippen LogP contribution in [0.5, 0.6) is 0 Å². The van der Waals surface area contributed by atoms with Crippen LogP contribution in [0.2, 0.25) is 0 Å². The highest BCUT2D eigenvalue weighted by Gasteiger charge is 2.85. The van der Waals surface area contributed by atoms with Crippen molar-refractivity contribution in [3.63, 3.8) is 0 Å². The topological polar surface area (TPSA) is 108 Å². The molecule has 5 aliphatic carbocycles. The van der Waals surface area contributed by atoms with Crippen LogP contribution in [0, 0.1) is 44.8 Å². The summed E-state index contributed by atoms with van der Waals surface area (Å²) in [6, 6.07) is 0. The first kappa shape index (κ1) is 32.3. The van der Waals surface area contributed by atoms with E-state index in [9.17, 15) is 19.5 Å². The number of carbonyl (C=O) groups excluding carboxylic acids is 3. The fourth-order valence-corrected chi connectivity index (χ4v) is 13.1. The zero-order valence-electron chi connectivity index (χ0n) is 28.7. The number of aliphatic hydroxyl groups is 1. The highest BCUT2D eigenvalue weighted by Crippen LogP contribution is 2.89. The summed E-state index contributed by atoms with van der Waals surface area (Å²) < 4.78 is 25.3. The van der Waals surface area contributed by atoms with Gasteiger partial charge in [-0.05, 0) is 106 Å². The van der Waals surface area contributed by atoms with Gasteiger partial charge < -0.3 is 24.1 Å². The van der Waals surface area contributed by atoms with Crippen LogP contribution in [0.25, 0.3) is 0 Å². The van der Waals surface area contributed by atoms with Crippen molar-refractivity contribution in [2.75, 3.05) is 0 Å². The van der Waals surface area contributed by atoms with Crippen molar-refractivity contribution in [3.8, 4) is 0 Å². The molecule has 6 fully saturated rings. The molecule has 0 aromatic rings. The van der Waals surface area contributed by atoms with Gasteiger partial charge in [0.05, 0.1) is 17.3 Å². The van der Waals surface area contributed by atoms with Gasteiger partial charge in [0, 0.05) is 38.0 Å². The maximum Gasteiger partial charge on any atom is 0.302 e. The number of hydrogen-bond donors (Lipinski definition) is 1. The summed E-state index contributed by atoms with van der Waals surface area (Å²) in [5, 5.41) is 10.9. The van der Waals surface area contributed by atoms with Crippen molar-refractivity contribution in [3.05, 3.63) is 0 Å². The fourth-order valence-electron chi connectivity index (χ4n) is 13.1. The van der Waals surface area contributed by atoms with E-state index in [2.05, 4.69) is 34.6 Å². The molecule has 8 heteroatoms. The molecule has 5 saturated carbocycles. The molecule has 1 aliphatic heterocycles. The Labute approximate surface area is 263 Å². The third-order valence-corrected chi connectivity index (χ3v) is 14.6. The Balaban J connectivity index is 1.42. The normalized spacial score (nSPS) is 50.4. The summed E-state index contributed by atoms with van der Waals surface area (Å²) in [5.74, 6) is -0.426. The predicted octanol–water partition coefficient (Wildman–Crippen LogP) is 6.15. The maximum atomic E-state index is 12.7. The van der Waals surface area contributed by atoms with E-state index in [4.69, 9.17) is 18.9 Å². The fraction of sp³-hybridized carbons (Fsp3) is 0.917. The molecule has 0 aromatic carbocycles. The van der Waals surface area contributed by atoms with Gasteiger partial charge in [-0.25, -0.2) is 0 Å². The molecule has 0 aromatic heterocycles. The predicted molar refractivity (Wildman–Crippen MR) is 163 cm³/mol. The summed E-state index contributed by atoms with van der Waals surface area (Å²) in [6.45, 7) is 19.6. The highest BCUT2D eigenvalue weighted by atomic mass is 16.6. The van der Waals surface area contributed by atoms with Gasteiger partial charge in [0.25, 0.3) is 0 Å². The molecule has 0 radical (unpaired) electrons. The highest BCUT2D eigenvalue weighted by molar-refractivity contribution is 5.67. The SMILES string of the molecule is CC(=O)O[C@H]1CC2[C@]3(CC[C@]4(C)[C@@H]([C@]5(C)CC[C@H](C(C)(C)O)O5)[C@@H](OC(C)=O)C[C@@]24C)C[C@@]32CC[C@H](OC(C)=O)C(C)(C)C12. The minimum Gasteiger partial charge on any atom is -0.462 e. The zero-order chi connectivity index (χ0) is 32.5. The number of carbonyl (C=O) groups is 3. The second-order valence-electron chi connectivity index (χ2n) is 17.6. The molecule has 1 heterocycles. The Kier molecular flexibility index (Phi) is 7.10. The van der Waals surface area contributed by atoms with E-state index < -0.39 is 11.2 Å². The molecule has 2 unspecified atom stereocenters. The third-order valence-electron chi connectivity index (χ3n) is 14.6. The molecule has 0 amide bonds. The second-order valence-corrected chi connectivity index (χ2v) is 17.6. The van der Waals surface area contributed by atoms with E-state index in [0.29, 0.717) is 0 Å². The molecule has 6 rings (SSSR count). The van der Waals surface area contributed by atoms with E-state index in [1.54, 1.807) is 0 Å². The second kappa shape index (κ2) is 9.68. The van der Waals surface area contributed by atoms with Crippen molar-refractivity contribution >= 4 is 17.9 Å². The maximum absolute atomic E-state index is 12.7. The molecule has 44 heavy (non-hydrogen) atoms. The van der Waals surface area contributed by atoms with Gasteiger partial charge >= 0.3 is 17.9 Å². The molecular formula is C36H56O8. The number of hydrogen-bond acceptors (Lipinski definition) is 8. The molecule has 8 nitrogen and oxygen atoms in total. The summed E-state index contributed by atoms with van der Waals surface area (Å²) in [4.78, 5) is 37.4. The summed E-state index contributed by atoms with van der Waals surface area (Å²) in [6.07, 6.45) is 7.01. The number of fused-ring (bicyclic) bond motifs is 2. The molecule has 6 aliphatic rings. The van der Waals surface area contributed by atoms with E-state index in [0.717, 1.165) is 57.8 Å². The summed E-state index contributed by atoms with van der Waals surface area (Å²) >= 11 is 0. The van der Waals surface area contributed by atoms with Crippen LogP contribution in [-0.2, 0) is 33.3 Å². The Morgan fingerprint density at radius 1 is 0.750 bits per heavy atom. The average Bonchev–Trinajstić information content (AvgIpc) is 3.21. The van der Waals surface area contributed by atoms with E-state index in [1.165, 1.54) is 20.8 Å². The first-order valence-corrected chi connectivity index (χ1v) is 17.1. The first-order valence-electron chi connectivity index (χ1n) is 17.1.